The lowest BCUT2D eigenvalue weighted by atomic mass is 10.1. The summed E-state index contributed by atoms with van der Waals surface area (Å²) >= 11 is 0. The molecule has 1 unspecified atom stereocenters. The Bertz CT molecular complexity index is 171. The van der Waals surface area contributed by atoms with Crippen molar-refractivity contribution in [2.75, 3.05) is 13.7 Å². The van der Waals surface area contributed by atoms with Crippen LogP contribution in [0.25, 0.3) is 0 Å². The summed E-state index contributed by atoms with van der Waals surface area (Å²) in [4.78, 5) is 16.6. The molecule has 0 radical (unpaired) electrons. The number of methoxy groups -OCH3 is 1. The van der Waals surface area contributed by atoms with E-state index in [4.69, 9.17) is 4.84 Å². The van der Waals surface area contributed by atoms with Crippen LogP contribution in [0, 0.1) is 5.92 Å². The van der Waals surface area contributed by atoms with Crippen LogP contribution in [0.1, 0.15) is 40.0 Å². The molecule has 0 bridgehead atoms. The van der Waals surface area contributed by atoms with Crippen molar-refractivity contribution in [1.82, 2.24) is 5.48 Å². The van der Waals surface area contributed by atoms with Gasteiger partial charge in [0.25, 0.3) is 0 Å². The molecule has 0 aromatic rings. The van der Waals surface area contributed by atoms with Crippen LogP contribution in [-0.2, 0) is 14.4 Å². The van der Waals surface area contributed by atoms with Gasteiger partial charge in [-0.1, -0.05) is 33.6 Å². The van der Waals surface area contributed by atoms with E-state index < -0.39 is 0 Å². The molecule has 90 valence electrons. The van der Waals surface area contributed by atoms with Gasteiger partial charge in [0.2, 0.25) is 0 Å². The number of carbonyl (C=O) groups excluding carboxylic acids is 1. The van der Waals surface area contributed by atoms with E-state index in [2.05, 4.69) is 31.0 Å². The van der Waals surface area contributed by atoms with E-state index in [1.165, 1.54) is 7.11 Å². The molecule has 0 aromatic carbocycles. The third-order valence-electron chi connectivity index (χ3n) is 1.97. The Morgan fingerprint density at radius 3 is 2.53 bits per heavy atom. The molecule has 1 N–H and O–H groups in total. The van der Waals surface area contributed by atoms with Crippen LogP contribution in [0.5, 0.6) is 0 Å². The van der Waals surface area contributed by atoms with Crippen LogP contribution >= 0.6 is 0 Å². The molecular formula is C11H23NO3. The van der Waals surface area contributed by atoms with E-state index in [9.17, 15) is 4.79 Å². The Morgan fingerprint density at radius 2 is 2.07 bits per heavy atom. The lowest BCUT2D eigenvalue weighted by molar-refractivity contribution is -0.148. The molecular weight excluding hydrogens is 194 g/mol. The molecule has 0 saturated carbocycles. The predicted molar refractivity (Wildman–Crippen MR) is 59.3 cm³/mol. The van der Waals surface area contributed by atoms with E-state index in [1.54, 1.807) is 0 Å². The van der Waals surface area contributed by atoms with Crippen LogP contribution in [0.4, 0.5) is 0 Å². The summed E-state index contributed by atoms with van der Waals surface area (Å²) < 4.78 is 4.69. The lowest BCUT2D eigenvalue weighted by Gasteiger charge is -2.16. The van der Waals surface area contributed by atoms with E-state index in [1.807, 2.05) is 0 Å². The van der Waals surface area contributed by atoms with Crippen molar-refractivity contribution in [1.29, 1.82) is 0 Å². The van der Waals surface area contributed by atoms with Crippen molar-refractivity contribution >= 4 is 5.97 Å². The van der Waals surface area contributed by atoms with Gasteiger partial charge < -0.3 is 9.57 Å². The van der Waals surface area contributed by atoms with E-state index in [0.717, 1.165) is 19.3 Å². The van der Waals surface area contributed by atoms with Gasteiger partial charge in [0.15, 0.2) is 0 Å². The second-order valence-electron chi connectivity index (χ2n) is 4.04. The molecule has 0 rings (SSSR count). The molecule has 0 saturated heterocycles. The number of hydroxylamine groups is 1. The summed E-state index contributed by atoms with van der Waals surface area (Å²) in [5, 5.41) is 0. The lowest BCUT2D eigenvalue weighted by Crippen LogP contribution is -2.38. The SMILES string of the molecule is CCCCC(NOCC(C)C)C(=O)OC. The average Bonchev–Trinajstić information content (AvgIpc) is 2.21. The van der Waals surface area contributed by atoms with Crippen LogP contribution < -0.4 is 5.48 Å². The average molecular weight is 217 g/mol. The second kappa shape index (κ2) is 8.68. The molecule has 0 spiro atoms. The van der Waals surface area contributed by atoms with Crippen molar-refractivity contribution in [2.45, 2.75) is 46.1 Å². The van der Waals surface area contributed by atoms with E-state index in [-0.39, 0.29) is 12.0 Å². The predicted octanol–water partition coefficient (Wildman–Crippen LogP) is 1.90. The minimum atomic E-state index is -0.339. The fourth-order valence-electron chi connectivity index (χ4n) is 1.09. The monoisotopic (exact) mass is 217 g/mol. The highest BCUT2D eigenvalue weighted by Gasteiger charge is 2.18. The van der Waals surface area contributed by atoms with Crippen molar-refractivity contribution in [3.8, 4) is 0 Å². The molecule has 0 aromatic heterocycles. The molecule has 0 heterocycles. The molecule has 4 nitrogen and oxygen atoms in total. The maximum atomic E-state index is 11.3. The molecule has 0 aliphatic heterocycles. The maximum absolute atomic E-state index is 11.3. The molecule has 15 heavy (non-hydrogen) atoms. The number of nitrogens with one attached hydrogen (secondary N) is 1. The Hall–Kier alpha value is -0.610. The summed E-state index contributed by atoms with van der Waals surface area (Å²) in [6.07, 6.45) is 2.79. The van der Waals surface area contributed by atoms with Gasteiger partial charge in [0.05, 0.1) is 13.7 Å². The third-order valence-corrected chi connectivity index (χ3v) is 1.97. The summed E-state index contributed by atoms with van der Waals surface area (Å²) in [7, 11) is 1.39. The minimum absolute atomic E-state index is 0.257. The number of hydrogen-bond donors (Lipinski definition) is 1. The molecule has 0 amide bonds. The normalized spacial score (nSPS) is 12.9. The Labute approximate surface area is 92.3 Å². The summed E-state index contributed by atoms with van der Waals surface area (Å²) in [6, 6.07) is -0.339. The first-order valence-corrected chi connectivity index (χ1v) is 5.56. The van der Waals surface area contributed by atoms with Crippen molar-refractivity contribution in [2.24, 2.45) is 5.92 Å². The molecule has 4 heteroatoms. The van der Waals surface area contributed by atoms with Gasteiger partial charge in [-0.05, 0) is 12.3 Å². The van der Waals surface area contributed by atoms with E-state index >= 15 is 0 Å². The van der Waals surface area contributed by atoms with Crippen molar-refractivity contribution in [3.63, 3.8) is 0 Å². The quantitative estimate of drug-likeness (QED) is 0.498. The van der Waals surface area contributed by atoms with Crippen molar-refractivity contribution in [3.05, 3.63) is 0 Å². The molecule has 0 aliphatic rings. The highest BCUT2D eigenvalue weighted by atomic mass is 16.6. The van der Waals surface area contributed by atoms with Crippen LogP contribution in [-0.4, -0.2) is 25.7 Å². The van der Waals surface area contributed by atoms with Gasteiger partial charge in [0, 0.05) is 0 Å². The number of carbonyl (C=O) groups is 1. The highest BCUT2D eigenvalue weighted by Crippen LogP contribution is 2.03. The van der Waals surface area contributed by atoms with Gasteiger partial charge in [0.1, 0.15) is 6.04 Å². The van der Waals surface area contributed by atoms with E-state index in [0.29, 0.717) is 12.5 Å². The van der Waals surface area contributed by atoms with Gasteiger partial charge >= 0.3 is 5.97 Å². The molecule has 1 atom stereocenters. The van der Waals surface area contributed by atoms with Gasteiger partial charge in [-0.2, -0.15) is 5.48 Å². The van der Waals surface area contributed by atoms with Gasteiger partial charge in [-0.3, -0.25) is 4.79 Å². The first kappa shape index (κ1) is 14.4. The summed E-state index contributed by atoms with van der Waals surface area (Å²) in [5.41, 5.74) is 2.76. The fourth-order valence-corrected chi connectivity index (χ4v) is 1.09. The summed E-state index contributed by atoms with van der Waals surface area (Å²) in [5.74, 6) is 0.189. The first-order valence-electron chi connectivity index (χ1n) is 5.56. The number of ether oxygens (including phenoxy) is 1. The number of unbranched alkanes of at least 4 members (excludes halogenated alkanes) is 1. The fraction of sp³-hybridized carbons (Fsp3) is 0.909. The third kappa shape index (κ3) is 7.33. The highest BCUT2D eigenvalue weighted by molar-refractivity contribution is 5.75. The Morgan fingerprint density at radius 1 is 1.40 bits per heavy atom. The van der Waals surface area contributed by atoms with Crippen molar-refractivity contribution < 1.29 is 14.4 Å². The largest absolute Gasteiger partial charge is 0.468 e. The second-order valence-corrected chi connectivity index (χ2v) is 4.04. The Balaban J connectivity index is 3.84. The smallest absolute Gasteiger partial charge is 0.325 e. The standard InChI is InChI=1S/C11H23NO3/c1-5-6-7-10(11(13)14-4)12-15-8-9(2)3/h9-10,12H,5-8H2,1-4H3. The number of hydrogen-bond acceptors (Lipinski definition) is 4. The van der Waals surface area contributed by atoms with Crippen LogP contribution in [0.15, 0.2) is 0 Å². The zero-order valence-electron chi connectivity index (χ0n) is 10.2. The first-order chi connectivity index (χ1) is 7.11. The van der Waals surface area contributed by atoms with Crippen LogP contribution in [0.2, 0.25) is 0 Å². The zero-order chi connectivity index (χ0) is 11.7. The summed E-state index contributed by atoms with van der Waals surface area (Å²) in [6.45, 7) is 6.80. The number of esters is 1. The minimum Gasteiger partial charge on any atom is -0.468 e. The maximum Gasteiger partial charge on any atom is 0.325 e. The number of rotatable bonds is 8. The van der Waals surface area contributed by atoms with Crippen LogP contribution in [0.3, 0.4) is 0 Å². The molecule has 0 fully saturated rings. The Kier molecular flexibility index (Phi) is 8.33. The zero-order valence-corrected chi connectivity index (χ0v) is 10.2. The van der Waals surface area contributed by atoms with Gasteiger partial charge in [-0.25, -0.2) is 0 Å². The molecule has 0 aliphatic carbocycles. The van der Waals surface area contributed by atoms with Gasteiger partial charge in [-0.15, -0.1) is 0 Å². The topological polar surface area (TPSA) is 47.6 Å².